The van der Waals surface area contributed by atoms with Crippen LogP contribution in [0.3, 0.4) is 0 Å². The van der Waals surface area contributed by atoms with Crippen LogP contribution < -0.4 is 45.9 Å². The van der Waals surface area contributed by atoms with Crippen LogP contribution in [0.25, 0.3) is 0 Å². The van der Waals surface area contributed by atoms with Crippen molar-refractivity contribution in [2.75, 3.05) is 0 Å². The van der Waals surface area contributed by atoms with Crippen LogP contribution >= 0.6 is 0 Å². The summed E-state index contributed by atoms with van der Waals surface area (Å²) in [5.41, 5.74) is 47.4. The number of ether oxygens (including phenoxy) is 1. The zero-order valence-corrected chi connectivity index (χ0v) is 12.3. The summed E-state index contributed by atoms with van der Waals surface area (Å²) in [7, 11) is 0. The highest BCUT2D eigenvalue weighted by atomic mass is 16.5. The first-order valence-electron chi connectivity index (χ1n) is 7.34. The average molecular weight is 300 g/mol. The minimum Gasteiger partial charge on any atom is -0.341 e. The maximum Gasteiger partial charge on any atom is 0.140 e. The molecule has 1 heterocycles. The van der Waals surface area contributed by atoms with Gasteiger partial charge in [-0.3, -0.25) is 0 Å². The molecule has 3 fully saturated rings. The lowest BCUT2D eigenvalue weighted by atomic mass is 9.46. The maximum atomic E-state index is 6.56. The summed E-state index contributed by atoms with van der Waals surface area (Å²) in [4.78, 5) is 0. The summed E-state index contributed by atoms with van der Waals surface area (Å²) in [6.07, 6.45) is -0.143. The van der Waals surface area contributed by atoms with Crippen molar-refractivity contribution in [3.8, 4) is 0 Å². The molecule has 9 nitrogen and oxygen atoms in total. The molecule has 9 atom stereocenters. The minimum absolute atomic E-state index is 0.230. The Morgan fingerprint density at radius 1 is 0.905 bits per heavy atom. The molecule has 1 aliphatic heterocycles. The molecule has 9 unspecified atom stereocenters. The molecule has 21 heavy (non-hydrogen) atoms. The van der Waals surface area contributed by atoms with Crippen molar-refractivity contribution in [2.24, 2.45) is 63.6 Å². The molecule has 2 aliphatic carbocycles. The van der Waals surface area contributed by atoms with E-state index in [-0.39, 0.29) is 17.8 Å². The highest BCUT2D eigenvalue weighted by molar-refractivity contribution is 5.30. The highest BCUT2D eigenvalue weighted by Gasteiger charge is 2.73. The quantitative estimate of drug-likeness (QED) is 0.202. The molecule has 2 saturated carbocycles. The third kappa shape index (κ3) is 1.56. The molecule has 16 N–H and O–H groups in total. The standard InChI is InChI=1S/C12H28N8O/c1-3-10(17)7(14)6-4(11(3,18)19)2-5(13)21-12(6,20)9(16)8(10)15/h3-9H,2,13-20H2,1H3. The zero-order valence-electron chi connectivity index (χ0n) is 12.3. The normalized spacial score (nSPS) is 62.4. The van der Waals surface area contributed by atoms with Crippen LogP contribution in [-0.4, -0.2) is 41.3 Å². The molecule has 0 aromatic heterocycles. The number of hydrogen-bond acceptors (Lipinski definition) is 9. The maximum absolute atomic E-state index is 6.56. The van der Waals surface area contributed by atoms with Gasteiger partial charge in [-0.1, -0.05) is 6.92 Å². The molecule has 122 valence electrons. The fourth-order valence-electron chi connectivity index (χ4n) is 4.90. The van der Waals surface area contributed by atoms with E-state index in [1.807, 2.05) is 6.92 Å². The molecular weight excluding hydrogens is 272 g/mol. The van der Waals surface area contributed by atoms with Crippen molar-refractivity contribution in [1.82, 2.24) is 0 Å². The average Bonchev–Trinajstić information content (AvgIpc) is 2.39. The van der Waals surface area contributed by atoms with Crippen molar-refractivity contribution in [3.05, 3.63) is 0 Å². The minimum atomic E-state index is -1.27. The van der Waals surface area contributed by atoms with Gasteiger partial charge in [0, 0.05) is 29.8 Å². The molecule has 3 aliphatic rings. The number of fused-ring (bicyclic) bond motifs is 1. The number of rotatable bonds is 0. The van der Waals surface area contributed by atoms with Crippen LogP contribution in [-0.2, 0) is 4.74 Å². The Morgan fingerprint density at radius 2 is 1.48 bits per heavy atom. The first kappa shape index (κ1) is 15.5. The molecule has 0 aromatic rings. The second-order valence-corrected chi connectivity index (χ2v) is 7.18. The molecule has 3 rings (SSSR count). The lowest BCUT2D eigenvalue weighted by Crippen LogP contribution is -2.95. The Labute approximate surface area is 124 Å². The van der Waals surface area contributed by atoms with E-state index in [0.717, 1.165) is 0 Å². The molecule has 0 amide bonds. The van der Waals surface area contributed by atoms with E-state index in [0.29, 0.717) is 6.42 Å². The van der Waals surface area contributed by atoms with Gasteiger partial charge in [-0.05, 0) is 6.42 Å². The Hall–Kier alpha value is -0.360. The first-order valence-corrected chi connectivity index (χ1v) is 7.34. The third-order valence-electron chi connectivity index (χ3n) is 6.39. The monoisotopic (exact) mass is 300 g/mol. The zero-order chi connectivity index (χ0) is 16.0. The predicted octanol–water partition coefficient (Wildman–Crippen LogP) is -4.46. The third-order valence-corrected chi connectivity index (χ3v) is 6.39. The summed E-state index contributed by atoms with van der Waals surface area (Å²) < 4.78 is 5.76. The molecule has 1 saturated heterocycles. The lowest BCUT2D eigenvalue weighted by Gasteiger charge is -2.70. The molecule has 9 heteroatoms. The smallest absolute Gasteiger partial charge is 0.140 e. The van der Waals surface area contributed by atoms with Gasteiger partial charge < -0.3 is 50.6 Å². The number of hydrogen-bond donors (Lipinski definition) is 8. The second kappa shape index (κ2) is 4.13. The van der Waals surface area contributed by atoms with Gasteiger partial charge in [0.05, 0.1) is 17.2 Å². The van der Waals surface area contributed by atoms with Crippen LogP contribution in [0.5, 0.6) is 0 Å². The van der Waals surface area contributed by atoms with Crippen molar-refractivity contribution in [1.29, 1.82) is 0 Å². The summed E-state index contributed by atoms with van der Waals surface area (Å²) in [5, 5.41) is 0. The van der Waals surface area contributed by atoms with Crippen molar-refractivity contribution in [3.63, 3.8) is 0 Å². The molecule has 2 bridgehead atoms. The fourth-order valence-corrected chi connectivity index (χ4v) is 4.90. The van der Waals surface area contributed by atoms with Gasteiger partial charge in [0.15, 0.2) is 0 Å². The Balaban J connectivity index is 2.21. The van der Waals surface area contributed by atoms with Crippen molar-refractivity contribution >= 4 is 0 Å². The van der Waals surface area contributed by atoms with Gasteiger partial charge in [0.25, 0.3) is 0 Å². The Bertz CT molecular complexity index is 461. The SMILES string of the molecule is CC1C(N)(N)C2CC(N)OC3(N)C(N)C(N)C1(N)C(N)C23. The van der Waals surface area contributed by atoms with Gasteiger partial charge in [-0.2, -0.15) is 0 Å². The van der Waals surface area contributed by atoms with Crippen LogP contribution in [0, 0.1) is 17.8 Å². The van der Waals surface area contributed by atoms with E-state index in [1.165, 1.54) is 0 Å². The molecule has 0 spiro atoms. The predicted molar refractivity (Wildman–Crippen MR) is 78.7 cm³/mol. The first-order chi connectivity index (χ1) is 9.49. The van der Waals surface area contributed by atoms with Gasteiger partial charge in [-0.15, -0.1) is 0 Å². The summed E-state index contributed by atoms with van der Waals surface area (Å²) in [6, 6.07) is -1.90. The summed E-state index contributed by atoms with van der Waals surface area (Å²) in [6.45, 7) is 1.87. The Kier molecular flexibility index (Phi) is 3.06. The van der Waals surface area contributed by atoms with E-state index in [1.54, 1.807) is 0 Å². The Morgan fingerprint density at radius 3 is 2.05 bits per heavy atom. The lowest BCUT2D eigenvalue weighted by molar-refractivity contribution is -0.258. The summed E-state index contributed by atoms with van der Waals surface area (Å²) in [5.74, 6) is -0.952. The summed E-state index contributed by atoms with van der Waals surface area (Å²) >= 11 is 0. The van der Waals surface area contributed by atoms with Crippen molar-refractivity contribution < 1.29 is 4.74 Å². The highest BCUT2D eigenvalue weighted by Crippen LogP contribution is 2.55. The topological polar surface area (TPSA) is 217 Å². The fraction of sp³-hybridized carbons (Fsp3) is 1.00. The van der Waals surface area contributed by atoms with Gasteiger partial charge in [0.1, 0.15) is 12.0 Å². The van der Waals surface area contributed by atoms with Crippen LogP contribution in [0.1, 0.15) is 13.3 Å². The van der Waals surface area contributed by atoms with E-state index in [2.05, 4.69) is 0 Å². The number of nitrogens with two attached hydrogens (primary N) is 8. The molecule has 0 aromatic carbocycles. The largest absolute Gasteiger partial charge is 0.341 e. The van der Waals surface area contributed by atoms with Gasteiger partial charge in [0.2, 0.25) is 0 Å². The molecule has 0 radical (unpaired) electrons. The van der Waals surface area contributed by atoms with E-state index >= 15 is 0 Å². The van der Waals surface area contributed by atoms with Crippen LogP contribution in [0.15, 0.2) is 0 Å². The second-order valence-electron chi connectivity index (χ2n) is 7.18. The van der Waals surface area contributed by atoms with E-state index in [4.69, 9.17) is 50.6 Å². The van der Waals surface area contributed by atoms with E-state index in [9.17, 15) is 0 Å². The van der Waals surface area contributed by atoms with Crippen LogP contribution in [0.2, 0.25) is 0 Å². The van der Waals surface area contributed by atoms with Gasteiger partial charge >= 0.3 is 0 Å². The van der Waals surface area contributed by atoms with Crippen LogP contribution in [0.4, 0.5) is 0 Å². The van der Waals surface area contributed by atoms with Crippen molar-refractivity contribution in [2.45, 2.75) is 54.6 Å². The molecular formula is C12H28N8O. The van der Waals surface area contributed by atoms with E-state index < -0.39 is 41.3 Å². The van der Waals surface area contributed by atoms with Gasteiger partial charge in [-0.25, -0.2) is 0 Å².